The molecule has 0 fully saturated rings. The number of methoxy groups -OCH3 is 1. The first kappa shape index (κ1) is 17.7. The van der Waals surface area contributed by atoms with Crippen LogP contribution >= 0.6 is 0 Å². The van der Waals surface area contributed by atoms with Gasteiger partial charge in [-0.2, -0.15) is 0 Å². The van der Waals surface area contributed by atoms with Crippen LogP contribution in [0.15, 0.2) is 103 Å². The van der Waals surface area contributed by atoms with Gasteiger partial charge >= 0.3 is 0 Å². The predicted octanol–water partition coefficient (Wildman–Crippen LogP) is 6.98. The summed E-state index contributed by atoms with van der Waals surface area (Å²) >= 11 is 0. The number of ether oxygens (including phenoxy) is 1. The molecule has 3 heteroatoms. The first-order chi connectivity index (χ1) is 15.3. The number of fused-ring (bicyclic) bond motifs is 5. The van der Waals surface area contributed by atoms with E-state index in [1.807, 2.05) is 12.1 Å². The van der Waals surface area contributed by atoms with Crippen LogP contribution in [-0.4, -0.2) is 16.5 Å². The van der Waals surface area contributed by atoms with E-state index >= 15 is 0 Å². The maximum atomic E-state index is 5.61. The van der Waals surface area contributed by atoms with E-state index in [0.29, 0.717) is 0 Å². The molecular weight excluding hydrogens is 380 g/mol. The molecule has 3 nitrogen and oxygen atoms in total. The Labute approximate surface area is 180 Å². The molecule has 0 spiro atoms. The summed E-state index contributed by atoms with van der Waals surface area (Å²) in [6.07, 6.45) is 0. The molecule has 2 aromatic heterocycles. The Kier molecular flexibility index (Phi) is 4.00. The molecule has 0 unspecified atom stereocenters. The highest BCUT2D eigenvalue weighted by Gasteiger charge is 2.21. The van der Waals surface area contributed by atoms with Gasteiger partial charge in [-0.3, -0.25) is 4.40 Å². The summed E-state index contributed by atoms with van der Waals surface area (Å²) in [5.74, 6) is 0.840. The summed E-state index contributed by atoms with van der Waals surface area (Å²) in [6, 6.07) is 35.7. The molecule has 0 aliphatic heterocycles. The second-order valence-electron chi connectivity index (χ2n) is 7.62. The number of para-hydroxylation sites is 2. The van der Waals surface area contributed by atoms with E-state index < -0.39 is 0 Å². The van der Waals surface area contributed by atoms with Crippen LogP contribution in [0.2, 0.25) is 0 Å². The molecule has 31 heavy (non-hydrogen) atoms. The van der Waals surface area contributed by atoms with Gasteiger partial charge in [0.2, 0.25) is 0 Å². The molecule has 0 bridgehead atoms. The molecule has 0 saturated carbocycles. The second kappa shape index (κ2) is 6.99. The van der Waals surface area contributed by atoms with Crippen LogP contribution in [-0.2, 0) is 0 Å². The van der Waals surface area contributed by atoms with Crippen LogP contribution in [0.5, 0.6) is 5.75 Å². The molecule has 6 aromatic rings. The highest BCUT2D eigenvalue weighted by molar-refractivity contribution is 6.10. The van der Waals surface area contributed by atoms with Gasteiger partial charge in [0.25, 0.3) is 0 Å². The largest absolute Gasteiger partial charge is 0.497 e. The maximum Gasteiger partial charge on any atom is 0.147 e. The minimum atomic E-state index is 0.840. The normalized spacial score (nSPS) is 11.4. The molecule has 0 aliphatic rings. The molecule has 0 radical (unpaired) electrons. The minimum absolute atomic E-state index is 0.840. The number of hydrogen-bond acceptors (Lipinski definition) is 2. The fraction of sp³-hybridized carbons (Fsp3) is 0.0357. The Bertz CT molecular complexity index is 1550. The van der Waals surface area contributed by atoms with E-state index in [1.165, 1.54) is 5.56 Å². The maximum absolute atomic E-state index is 5.61. The number of rotatable bonds is 3. The van der Waals surface area contributed by atoms with Gasteiger partial charge in [-0.15, -0.1) is 0 Å². The Hall–Kier alpha value is -4.11. The van der Waals surface area contributed by atoms with Gasteiger partial charge in [0.05, 0.1) is 23.7 Å². The Morgan fingerprint density at radius 2 is 1.29 bits per heavy atom. The van der Waals surface area contributed by atoms with Crippen LogP contribution in [0.25, 0.3) is 49.8 Å². The van der Waals surface area contributed by atoms with Gasteiger partial charge in [0.1, 0.15) is 11.4 Å². The number of nitrogens with zero attached hydrogens (tertiary/aromatic N) is 2. The van der Waals surface area contributed by atoms with Gasteiger partial charge in [0.15, 0.2) is 0 Å². The van der Waals surface area contributed by atoms with Gasteiger partial charge in [-0.1, -0.05) is 72.8 Å². The van der Waals surface area contributed by atoms with E-state index in [9.17, 15) is 0 Å². The van der Waals surface area contributed by atoms with Crippen LogP contribution in [0.1, 0.15) is 0 Å². The third kappa shape index (κ3) is 2.71. The second-order valence-corrected chi connectivity index (χ2v) is 7.62. The zero-order chi connectivity index (χ0) is 20.8. The Morgan fingerprint density at radius 3 is 2.00 bits per heavy atom. The topological polar surface area (TPSA) is 26.5 Å². The Morgan fingerprint density at radius 1 is 0.645 bits per heavy atom. The first-order valence-electron chi connectivity index (χ1n) is 10.4. The van der Waals surface area contributed by atoms with Crippen LogP contribution < -0.4 is 4.74 Å². The highest BCUT2D eigenvalue weighted by Crippen LogP contribution is 2.43. The fourth-order valence-electron chi connectivity index (χ4n) is 4.50. The third-order valence-electron chi connectivity index (χ3n) is 5.87. The van der Waals surface area contributed by atoms with Gasteiger partial charge in [-0.25, -0.2) is 4.98 Å². The van der Waals surface area contributed by atoms with Crippen LogP contribution in [0, 0.1) is 0 Å². The lowest BCUT2D eigenvalue weighted by atomic mass is 9.91. The average molecular weight is 400 g/mol. The molecule has 0 aliphatic carbocycles. The van der Waals surface area contributed by atoms with Crippen molar-refractivity contribution in [3.8, 4) is 28.0 Å². The van der Waals surface area contributed by atoms with Crippen molar-refractivity contribution in [1.82, 2.24) is 9.38 Å². The van der Waals surface area contributed by atoms with Crippen molar-refractivity contribution in [1.29, 1.82) is 0 Å². The van der Waals surface area contributed by atoms with Crippen molar-refractivity contribution in [3.63, 3.8) is 0 Å². The molecule has 6 rings (SSSR count). The van der Waals surface area contributed by atoms with Crippen molar-refractivity contribution in [2.75, 3.05) is 7.11 Å². The molecule has 148 valence electrons. The summed E-state index contributed by atoms with van der Waals surface area (Å²) in [4.78, 5) is 5.10. The predicted molar refractivity (Wildman–Crippen MR) is 128 cm³/mol. The van der Waals surface area contributed by atoms with Gasteiger partial charge < -0.3 is 4.74 Å². The number of hydrogen-bond donors (Lipinski definition) is 0. The molecule has 0 atom stereocenters. The minimum Gasteiger partial charge on any atom is -0.497 e. The van der Waals surface area contributed by atoms with Crippen molar-refractivity contribution in [2.24, 2.45) is 0 Å². The van der Waals surface area contributed by atoms with Gasteiger partial charge in [0, 0.05) is 16.5 Å². The van der Waals surface area contributed by atoms with Crippen molar-refractivity contribution < 1.29 is 4.74 Å². The number of benzene rings is 4. The number of pyridine rings is 1. The molecule has 0 N–H and O–H groups in total. The molecule has 2 heterocycles. The third-order valence-corrected chi connectivity index (χ3v) is 5.87. The van der Waals surface area contributed by atoms with Crippen molar-refractivity contribution in [2.45, 2.75) is 0 Å². The summed E-state index contributed by atoms with van der Waals surface area (Å²) in [5, 5.41) is 1.14. The number of imidazole rings is 1. The fourth-order valence-corrected chi connectivity index (χ4v) is 4.50. The SMILES string of the molecule is COc1ccc2c(c1)c(-c1ccccc1)c(-c1ccccc1)c1nc3ccccc3n12. The summed E-state index contributed by atoms with van der Waals surface area (Å²) in [6.45, 7) is 0. The quantitative estimate of drug-likeness (QED) is 0.320. The molecular formula is C28H20N2O. The molecule has 0 amide bonds. The highest BCUT2D eigenvalue weighted by atomic mass is 16.5. The number of aromatic nitrogens is 2. The van der Waals surface area contributed by atoms with E-state index in [4.69, 9.17) is 9.72 Å². The average Bonchev–Trinajstić information content (AvgIpc) is 3.23. The summed E-state index contributed by atoms with van der Waals surface area (Å²) in [7, 11) is 1.71. The zero-order valence-corrected chi connectivity index (χ0v) is 17.1. The lowest BCUT2D eigenvalue weighted by Crippen LogP contribution is -1.97. The van der Waals surface area contributed by atoms with Crippen molar-refractivity contribution in [3.05, 3.63) is 103 Å². The van der Waals surface area contributed by atoms with E-state index in [0.717, 1.165) is 50.0 Å². The van der Waals surface area contributed by atoms with Crippen LogP contribution in [0.3, 0.4) is 0 Å². The van der Waals surface area contributed by atoms with E-state index in [2.05, 4.69) is 95.4 Å². The van der Waals surface area contributed by atoms with Gasteiger partial charge in [-0.05, 0) is 41.5 Å². The standard InChI is InChI=1S/C28H20N2O/c1-31-21-16-17-24-22(18-21)26(19-10-4-2-5-11-19)27(20-12-6-3-7-13-20)28-29-23-14-8-9-15-25(23)30(24)28/h2-18H,1H3. The zero-order valence-electron chi connectivity index (χ0n) is 17.1. The molecule has 0 saturated heterocycles. The smallest absolute Gasteiger partial charge is 0.147 e. The van der Waals surface area contributed by atoms with Crippen molar-refractivity contribution >= 4 is 27.6 Å². The van der Waals surface area contributed by atoms with E-state index in [1.54, 1.807) is 7.11 Å². The van der Waals surface area contributed by atoms with Crippen LogP contribution in [0.4, 0.5) is 0 Å². The monoisotopic (exact) mass is 400 g/mol. The summed E-state index contributed by atoms with van der Waals surface area (Å²) < 4.78 is 7.89. The first-order valence-corrected chi connectivity index (χ1v) is 10.4. The summed E-state index contributed by atoms with van der Waals surface area (Å²) in [5.41, 5.74) is 8.77. The van der Waals surface area contributed by atoms with E-state index in [-0.39, 0.29) is 0 Å². The lowest BCUT2D eigenvalue weighted by Gasteiger charge is -2.17. The molecule has 4 aromatic carbocycles. The Balaban J connectivity index is 1.92. The lowest BCUT2D eigenvalue weighted by molar-refractivity contribution is 0.415.